The van der Waals surface area contributed by atoms with Crippen LogP contribution in [0.1, 0.15) is 16.1 Å². The van der Waals surface area contributed by atoms with Crippen molar-refractivity contribution in [3.05, 3.63) is 72.4 Å². The number of carbonyl (C=O) groups is 1. The molecule has 0 spiro atoms. The van der Waals surface area contributed by atoms with E-state index in [1.807, 2.05) is 30.3 Å². The lowest BCUT2D eigenvalue weighted by Crippen LogP contribution is -2.40. The Hall–Kier alpha value is -4.14. The van der Waals surface area contributed by atoms with Crippen molar-refractivity contribution in [3.8, 4) is 28.9 Å². The summed E-state index contributed by atoms with van der Waals surface area (Å²) in [6.07, 6.45) is 4.43. The van der Waals surface area contributed by atoms with E-state index in [9.17, 15) is 4.79 Å². The van der Waals surface area contributed by atoms with E-state index in [0.29, 0.717) is 53.3 Å². The summed E-state index contributed by atoms with van der Waals surface area (Å²) >= 11 is 0. The second-order valence-corrected chi connectivity index (χ2v) is 6.98. The molecular formula is C22H19N5O4. The highest BCUT2D eigenvalue weighted by Crippen LogP contribution is 2.30. The molecule has 1 N–H and O–H groups in total. The highest BCUT2D eigenvalue weighted by Gasteiger charge is 2.23. The third kappa shape index (κ3) is 3.73. The lowest BCUT2D eigenvalue weighted by Gasteiger charge is -2.26. The van der Waals surface area contributed by atoms with Gasteiger partial charge in [-0.1, -0.05) is 12.1 Å². The predicted molar refractivity (Wildman–Crippen MR) is 110 cm³/mol. The number of furan rings is 1. The topological polar surface area (TPSA) is 104 Å². The zero-order valence-electron chi connectivity index (χ0n) is 16.7. The number of nitrogens with zero attached hydrogens (tertiary/aromatic N) is 4. The third-order valence-electron chi connectivity index (χ3n) is 4.92. The SMILES string of the molecule is Cc1c(C(=O)NC[C@H]2COc3ccccc3O2)cnn1-c1nccc(-c2ccco2)n1. The number of para-hydroxylation sites is 2. The zero-order valence-corrected chi connectivity index (χ0v) is 16.7. The number of fused-ring (bicyclic) bond motifs is 1. The number of hydrogen-bond acceptors (Lipinski definition) is 7. The van der Waals surface area contributed by atoms with Crippen molar-refractivity contribution in [1.82, 2.24) is 25.1 Å². The van der Waals surface area contributed by atoms with Crippen molar-refractivity contribution in [2.24, 2.45) is 0 Å². The molecule has 0 saturated carbocycles. The van der Waals surface area contributed by atoms with Crippen molar-refractivity contribution in [3.63, 3.8) is 0 Å². The van der Waals surface area contributed by atoms with Gasteiger partial charge >= 0.3 is 0 Å². The molecule has 3 aromatic heterocycles. The summed E-state index contributed by atoms with van der Waals surface area (Å²) in [5, 5.41) is 7.18. The van der Waals surface area contributed by atoms with Crippen LogP contribution in [0.5, 0.6) is 11.5 Å². The Morgan fingerprint density at radius 1 is 1.19 bits per heavy atom. The molecule has 4 heterocycles. The van der Waals surface area contributed by atoms with E-state index in [0.717, 1.165) is 0 Å². The van der Waals surface area contributed by atoms with E-state index in [1.54, 1.807) is 31.5 Å². The molecule has 9 heteroatoms. The Morgan fingerprint density at radius 2 is 2.06 bits per heavy atom. The molecule has 31 heavy (non-hydrogen) atoms. The van der Waals surface area contributed by atoms with Crippen molar-refractivity contribution in [1.29, 1.82) is 0 Å². The molecule has 9 nitrogen and oxygen atoms in total. The first kappa shape index (κ1) is 18.9. The van der Waals surface area contributed by atoms with Gasteiger partial charge in [0.2, 0.25) is 0 Å². The number of amides is 1. The minimum absolute atomic E-state index is 0.256. The van der Waals surface area contributed by atoms with Crippen LogP contribution in [-0.4, -0.2) is 44.9 Å². The fourth-order valence-electron chi connectivity index (χ4n) is 3.31. The predicted octanol–water partition coefficient (Wildman–Crippen LogP) is 2.80. The second-order valence-electron chi connectivity index (χ2n) is 6.98. The lowest BCUT2D eigenvalue weighted by atomic mass is 10.2. The van der Waals surface area contributed by atoms with Crippen LogP contribution in [0.2, 0.25) is 0 Å². The van der Waals surface area contributed by atoms with Crippen LogP contribution in [0.25, 0.3) is 17.4 Å². The molecular weight excluding hydrogens is 398 g/mol. The van der Waals surface area contributed by atoms with Gasteiger partial charge in [-0.05, 0) is 37.3 Å². The quantitative estimate of drug-likeness (QED) is 0.532. The Kier molecular flexibility index (Phi) is 4.83. The first-order valence-corrected chi connectivity index (χ1v) is 9.77. The van der Waals surface area contributed by atoms with Crippen LogP contribution in [0.4, 0.5) is 0 Å². The summed E-state index contributed by atoms with van der Waals surface area (Å²) in [4.78, 5) is 21.5. The molecule has 156 valence electrons. The Bertz CT molecular complexity index is 1220. The van der Waals surface area contributed by atoms with Crippen molar-refractivity contribution >= 4 is 5.91 Å². The Balaban J connectivity index is 1.28. The fraction of sp³-hybridized carbons (Fsp3) is 0.182. The average molecular weight is 417 g/mol. The normalized spacial score (nSPS) is 14.9. The number of aromatic nitrogens is 4. The van der Waals surface area contributed by atoms with E-state index in [-0.39, 0.29) is 12.0 Å². The largest absolute Gasteiger partial charge is 0.486 e. The van der Waals surface area contributed by atoms with Gasteiger partial charge in [0.05, 0.1) is 30.3 Å². The Morgan fingerprint density at radius 3 is 2.90 bits per heavy atom. The summed E-state index contributed by atoms with van der Waals surface area (Å²) in [5.41, 5.74) is 1.69. The monoisotopic (exact) mass is 417 g/mol. The van der Waals surface area contributed by atoms with E-state index < -0.39 is 0 Å². The van der Waals surface area contributed by atoms with Crippen LogP contribution in [0, 0.1) is 6.92 Å². The van der Waals surface area contributed by atoms with Gasteiger partial charge in [0.25, 0.3) is 11.9 Å². The maximum atomic E-state index is 12.7. The van der Waals surface area contributed by atoms with Gasteiger partial charge in [-0.2, -0.15) is 5.10 Å². The van der Waals surface area contributed by atoms with E-state index in [2.05, 4.69) is 20.4 Å². The lowest BCUT2D eigenvalue weighted by molar-refractivity contribution is 0.0789. The summed E-state index contributed by atoms with van der Waals surface area (Å²) in [6.45, 7) is 2.46. The molecule has 0 fully saturated rings. The van der Waals surface area contributed by atoms with Crippen molar-refractivity contribution in [2.45, 2.75) is 13.0 Å². The molecule has 1 aliphatic rings. The van der Waals surface area contributed by atoms with Gasteiger partial charge in [-0.3, -0.25) is 4.79 Å². The fourth-order valence-corrected chi connectivity index (χ4v) is 3.31. The van der Waals surface area contributed by atoms with E-state index in [1.165, 1.54) is 10.9 Å². The zero-order chi connectivity index (χ0) is 21.2. The molecule has 0 radical (unpaired) electrons. The number of rotatable bonds is 5. The number of hydrogen-bond donors (Lipinski definition) is 1. The van der Waals surface area contributed by atoms with Gasteiger partial charge in [-0.15, -0.1) is 0 Å². The first-order valence-electron chi connectivity index (χ1n) is 9.77. The summed E-state index contributed by atoms with van der Waals surface area (Å²) in [7, 11) is 0. The van der Waals surface area contributed by atoms with Crippen LogP contribution in [-0.2, 0) is 0 Å². The summed E-state index contributed by atoms with van der Waals surface area (Å²) in [6, 6.07) is 12.8. The minimum atomic E-state index is -0.275. The number of ether oxygens (including phenoxy) is 2. The third-order valence-corrected chi connectivity index (χ3v) is 4.92. The van der Waals surface area contributed by atoms with Gasteiger partial charge in [0.1, 0.15) is 18.4 Å². The van der Waals surface area contributed by atoms with Crippen LogP contribution < -0.4 is 14.8 Å². The smallest absolute Gasteiger partial charge is 0.254 e. The molecule has 0 aliphatic carbocycles. The van der Waals surface area contributed by atoms with E-state index >= 15 is 0 Å². The van der Waals surface area contributed by atoms with Crippen LogP contribution in [0.3, 0.4) is 0 Å². The summed E-state index contributed by atoms with van der Waals surface area (Å²) in [5.74, 6) is 2.10. The molecule has 1 aliphatic heterocycles. The van der Waals surface area contributed by atoms with Crippen LogP contribution in [0.15, 0.2) is 65.5 Å². The van der Waals surface area contributed by atoms with Gasteiger partial charge < -0.3 is 19.2 Å². The molecule has 5 rings (SSSR count). The minimum Gasteiger partial charge on any atom is -0.486 e. The number of carbonyl (C=O) groups excluding carboxylic acids is 1. The molecule has 4 aromatic rings. The van der Waals surface area contributed by atoms with Gasteiger partial charge in [0, 0.05) is 6.20 Å². The molecule has 1 aromatic carbocycles. The van der Waals surface area contributed by atoms with Crippen molar-refractivity contribution < 1.29 is 18.7 Å². The summed E-state index contributed by atoms with van der Waals surface area (Å²) < 4.78 is 18.5. The average Bonchev–Trinajstić information content (AvgIpc) is 3.48. The van der Waals surface area contributed by atoms with Gasteiger partial charge in [-0.25, -0.2) is 14.6 Å². The number of benzene rings is 1. The molecule has 0 saturated heterocycles. The first-order chi connectivity index (χ1) is 15.2. The van der Waals surface area contributed by atoms with Crippen molar-refractivity contribution in [2.75, 3.05) is 13.2 Å². The molecule has 0 bridgehead atoms. The molecule has 1 atom stereocenters. The number of nitrogens with one attached hydrogen (secondary N) is 1. The van der Waals surface area contributed by atoms with Gasteiger partial charge in [0.15, 0.2) is 17.3 Å². The molecule has 0 unspecified atom stereocenters. The maximum Gasteiger partial charge on any atom is 0.254 e. The second kappa shape index (κ2) is 7.94. The van der Waals surface area contributed by atoms with Crippen LogP contribution >= 0.6 is 0 Å². The standard InChI is InChI=1S/C22H19N5O4/c1-14-16(21(28)24-11-15-13-30-19-5-2-3-6-20(19)31-15)12-25-27(14)22-23-9-8-17(26-22)18-7-4-10-29-18/h2-10,12,15H,11,13H2,1H3,(H,24,28)/t15-/m0/s1. The van der Waals surface area contributed by atoms with E-state index in [4.69, 9.17) is 13.9 Å². The Labute approximate surface area is 177 Å². The highest BCUT2D eigenvalue weighted by molar-refractivity contribution is 5.95. The molecule has 1 amide bonds. The highest BCUT2D eigenvalue weighted by atomic mass is 16.6. The maximum absolute atomic E-state index is 12.7.